The molecule has 1 heterocycles. The van der Waals surface area contributed by atoms with Crippen LogP contribution in [0.25, 0.3) is 0 Å². The second-order valence-corrected chi connectivity index (χ2v) is 7.89. The number of carbonyl (C=O) groups is 1. The Morgan fingerprint density at radius 1 is 1.19 bits per heavy atom. The number of rotatable bonds is 6. The molecule has 0 atom stereocenters. The third-order valence-electron chi connectivity index (χ3n) is 3.29. The lowest BCUT2D eigenvalue weighted by atomic mass is 10.2. The van der Waals surface area contributed by atoms with Gasteiger partial charge < -0.3 is 9.42 Å². The van der Waals surface area contributed by atoms with Crippen molar-refractivity contribution in [1.29, 1.82) is 0 Å². The minimum atomic E-state index is -3.55. The van der Waals surface area contributed by atoms with E-state index in [1.54, 1.807) is 18.7 Å². The van der Waals surface area contributed by atoms with E-state index in [4.69, 9.17) is 4.52 Å². The molecule has 0 aliphatic rings. The lowest BCUT2D eigenvalue weighted by molar-refractivity contribution is -0.131. The fourth-order valence-corrected chi connectivity index (χ4v) is 3.89. The molecular weight excluding hydrogens is 292 g/mol. The Morgan fingerprint density at radius 2 is 1.71 bits per heavy atom. The highest BCUT2D eigenvalue weighted by molar-refractivity contribution is 7.91. The molecule has 0 aliphatic carbocycles. The van der Waals surface area contributed by atoms with Crippen molar-refractivity contribution in [3.8, 4) is 0 Å². The normalized spacial score (nSPS) is 12.2. The first-order chi connectivity index (χ1) is 9.55. The molecule has 1 aromatic heterocycles. The molecule has 0 saturated heterocycles. The van der Waals surface area contributed by atoms with Gasteiger partial charge in [-0.2, -0.15) is 0 Å². The van der Waals surface area contributed by atoms with Crippen molar-refractivity contribution < 1.29 is 17.7 Å². The van der Waals surface area contributed by atoms with E-state index in [1.807, 2.05) is 27.7 Å². The first-order valence-corrected chi connectivity index (χ1v) is 8.80. The van der Waals surface area contributed by atoms with Gasteiger partial charge in [0.05, 0.1) is 11.4 Å². The summed E-state index contributed by atoms with van der Waals surface area (Å²) in [5.41, 5.74) is 1.09. The number of nitrogens with zero attached hydrogens (tertiary/aromatic N) is 2. The van der Waals surface area contributed by atoms with Gasteiger partial charge in [-0.3, -0.25) is 4.79 Å². The first-order valence-electron chi connectivity index (χ1n) is 6.98. The third kappa shape index (κ3) is 4.56. The molecule has 0 fully saturated rings. The molecule has 0 bridgehead atoms. The Balaban J connectivity index is 2.88. The summed E-state index contributed by atoms with van der Waals surface area (Å²) in [6.07, 6.45) is 0. The molecule has 0 saturated carbocycles. The maximum Gasteiger partial charge on any atom is 0.238 e. The van der Waals surface area contributed by atoms with Gasteiger partial charge in [0.2, 0.25) is 5.91 Å². The molecule has 7 heteroatoms. The quantitative estimate of drug-likeness (QED) is 0.800. The molecule has 1 rings (SSSR count). The number of hydrogen-bond acceptors (Lipinski definition) is 5. The van der Waals surface area contributed by atoms with Crippen LogP contribution in [0.2, 0.25) is 0 Å². The molecule has 1 amide bonds. The number of hydrogen-bond donors (Lipinski definition) is 0. The maximum atomic E-state index is 12.2. The Morgan fingerprint density at radius 3 is 2.10 bits per heavy atom. The van der Waals surface area contributed by atoms with Gasteiger partial charge in [-0.05, 0) is 41.5 Å². The first kappa shape index (κ1) is 17.7. The van der Waals surface area contributed by atoms with E-state index in [0.717, 1.165) is 0 Å². The van der Waals surface area contributed by atoms with Crippen LogP contribution in [-0.4, -0.2) is 42.2 Å². The van der Waals surface area contributed by atoms with Crippen LogP contribution < -0.4 is 0 Å². The molecule has 0 spiro atoms. The molecule has 0 unspecified atom stereocenters. The van der Waals surface area contributed by atoms with Gasteiger partial charge in [0.1, 0.15) is 11.5 Å². The highest BCUT2D eigenvalue weighted by atomic mass is 32.2. The van der Waals surface area contributed by atoms with Crippen molar-refractivity contribution in [3.63, 3.8) is 0 Å². The van der Waals surface area contributed by atoms with Gasteiger partial charge in [-0.1, -0.05) is 5.16 Å². The van der Waals surface area contributed by atoms with E-state index in [1.165, 1.54) is 0 Å². The van der Waals surface area contributed by atoms with Crippen molar-refractivity contribution >= 4 is 15.7 Å². The van der Waals surface area contributed by atoms with Crippen molar-refractivity contribution in [2.75, 3.05) is 5.75 Å². The number of amides is 1. The standard InChI is InChI=1S/C14H24N2O4S/c1-9(2)16(10(3)4)14(17)8-21(18,19)7-13-11(5)15-20-12(13)6/h9-10H,7-8H2,1-6H3. The number of aryl methyl sites for hydroxylation is 2. The van der Waals surface area contributed by atoms with Gasteiger partial charge in [-0.15, -0.1) is 0 Å². The van der Waals surface area contributed by atoms with Crippen molar-refractivity contribution in [2.45, 2.75) is 59.4 Å². The minimum absolute atomic E-state index is 0.0354. The fraction of sp³-hybridized carbons (Fsp3) is 0.714. The average Bonchev–Trinajstić information content (AvgIpc) is 2.58. The van der Waals surface area contributed by atoms with Gasteiger partial charge in [0.25, 0.3) is 0 Å². The van der Waals surface area contributed by atoms with E-state index >= 15 is 0 Å². The summed E-state index contributed by atoms with van der Waals surface area (Å²) in [5.74, 6) is -0.600. The van der Waals surface area contributed by atoms with E-state index in [9.17, 15) is 13.2 Å². The van der Waals surface area contributed by atoms with Crippen LogP contribution in [0, 0.1) is 13.8 Å². The second kappa shape index (κ2) is 6.60. The fourth-order valence-electron chi connectivity index (χ4n) is 2.41. The number of aromatic nitrogens is 1. The Hall–Kier alpha value is -1.37. The lowest BCUT2D eigenvalue weighted by Gasteiger charge is -2.30. The van der Waals surface area contributed by atoms with Crippen molar-refractivity contribution in [3.05, 3.63) is 17.0 Å². The van der Waals surface area contributed by atoms with E-state index in [-0.39, 0.29) is 23.7 Å². The monoisotopic (exact) mass is 316 g/mol. The molecule has 0 aromatic carbocycles. The molecule has 21 heavy (non-hydrogen) atoms. The summed E-state index contributed by atoms with van der Waals surface area (Å²) in [6.45, 7) is 10.9. The molecular formula is C14H24N2O4S. The van der Waals surface area contributed by atoms with Crippen LogP contribution in [0.4, 0.5) is 0 Å². The zero-order chi connectivity index (χ0) is 16.4. The van der Waals surface area contributed by atoms with Crippen LogP contribution in [-0.2, 0) is 20.4 Å². The minimum Gasteiger partial charge on any atom is -0.361 e. The van der Waals surface area contributed by atoms with Gasteiger partial charge in [0.15, 0.2) is 9.84 Å². The van der Waals surface area contributed by atoms with E-state index in [0.29, 0.717) is 17.0 Å². The molecule has 1 aromatic rings. The second-order valence-electron chi connectivity index (χ2n) is 5.82. The zero-order valence-electron chi connectivity index (χ0n) is 13.5. The SMILES string of the molecule is Cc1noc(C)c1CS(=O)(=O)CC(=O)N(C(C)C)C(C)C. The van der Waals surface area contributed by atoms with E-state index < -0.39 is 15.6 Å². The summed E-state index contributed by atoms with van der Waals surface area (Å²) < 4.78 is 29.5. The summed E-state index contributed by atoms with van der Waals surface area (Å²) in [4.78, 5) is 13.8. The van der Waals surface area contributed by atoms with Gasteiger partial charge in [0, 0.05) is 17.6 Å². The largest absolute Gasteiger partial charge is 0.361 e. The smallest absolute Gasteiger partial charge is 0.238 e. The predicted molar refractivity (Wildman–Crippen MR) is 80.6 cm³/mol. The summed E-state index contributed by atoms with van der Waals surface area (Å²) in [7, 11) is -3.55. The van der Waals surface area contributed by atoms with Crippen LogP contribution in [0.15, 0.2) is 4.52 Å². The summed E-state index contributed by atoms with van der Waals surface area (Å²) in [6, 6.07) is -0.0708. The van der Waals surface area contributed by atoms with Crippen LogP contribution in [0.1, 0.15) is 44.7 Å². The van der Waals surface area contributed by atoms with Crippen molar-refractivity contribution in [1.82, 2.24) is 10.1 Å². The highest BCUT2D eigenvalue weighted by Gasteiger charge is 2.27. The summed E-state index contributed by atoms with van der Waals surface area (Å²) in [5, 5.41) is 3.74. The van der Waals surface area contributed by atoms with Gasteiger partial charge >= 0.3 is 0 Å². The van der Waals surface area contributed by atoms with Crippen molar-refractivity contribution in [2.24, 2.45) is 0 Å². The zero-order valence-corrected chi connectivity index (χ0v) is 14.3. The molecule has 0 radical (unpaired) electrons. The molecule has 0 aliphatic heterocycles. The summed E-state index contributed by atoms with van der Waals surface area (Å²) >= 11 is 0. The average molecular weight is 316 g/mol. The molecule has 6 nitrogen and oxygen atoms in total. The van der Waals surface area contributed by atoms with Crippen LogP contribution >= 0.6 is 0 Å². The topological polar surface area (TPSA) is 80.5 Å². The Bertz CT molecular complexity index is 575. The molecule has 120 valence electrons. The number of sulfone groups is 1. The highest BCUT2D eigenvalue weighted by Crippen LogP contribution is 2.17. The van der Waals surface area contributed by atoms with E-state index in [2.05, 4.69) is 5.16 Å². The Labute approximate surface area is 126 Å². The Kier molecular flexibility index (Phi) is 5.55. The predicted octanol–water partition coefficient (Wildman–Crippen LogP) is 1.85. The third-order valence-corrected chi connectivity index (χ3v) is 4.70. The lowest BCUT2D eigenvalue weighted by Crippen LogP contribution is -2.45. The maximum absolute atomic E-state index is 12.2. The number of carbonyl (C=O) groups excluding carboxylic acids is 1. The van der Waals surface area contributed by atoms with Crippen LogP contribution in [0.5, 0.6) is 0 Å². The van der Waals surface area contributed by atoms with Crippen LogP contribution in [0.3, 0.4) is 0 Å². The molecule has 0 N–H and O–H groups in total. The van der Waals surface area contributed by atoms with Gasteiger partial charge in [-0.25, -0.2) is 8.42 Å².